The molecule has 32 heavy (non-hydrogen) atoms. The van der Waals surface area contributed by atoms with Crippen LogP contribution in [0.3, 0.4) is 0 Å². The molecule has 1 aliphatic heterocycles. The SMILES string of the molecule is CC1=C(C(=O)OCC(C)C)C(c2cccc(NC(=O)c3ccc(F)cc3)c2)NC(=S)N1C. The van der Waals surface area contributed by atoms with Gasteiger partial charge in [0.05, 0.1) is 18.2 Å². The molecule has 0 saturated heterocycles. The lowest BCUT2D eigenvalue weighted by molar-refractivity contribution is -0.140. The second-order valence-corrected chi connectivity index (χ2v) is 8.41. The van der Waals surface area contributed by atoms with Gasteiger partial charge in [-0.05, 0) is 67.0 Å². The summed E-state index contributed by atoms with van der Waals surface area (Å²) in [5.41, 5.74) is 2.78. The first kappa shape index (κ1) is 23.4. The summed E-state index contributed by atoms with van der Waals surface area (Å²) in [5, 5.41) is 6.48. The molecule has 2 N–H and O–H groups in total. The van der Waals surface area contributed by atoms with Gasteiger partial charge in [-0.2, -0.15) is 0 Å². The molecule has 1 unspecified atom stereocenters. The lowest BCUT2D eigenvalue weighted by Crippen LogP contribution is -2.46. The van der Waals surface area contributed by atoms with Crippen LogP contribution in [0.1, 0.15) is 42.7 Å². The number of allylic oxidation sites excluding steroid dienone is 1. The highest BCUT2D eigenvalue weighted by molar-refractivity contribution is 7.80. The zero-order valence-electron chi connectivity index (χ0n) is 18.4. The van der Waals surface area contributed by atoms with Crippen molar-refractivity contribution in [3.8, 4) is 0 Å². The van der Waals surface area contributed by atoms with Crippen LogP contribution >= 0.6 is 12.2 Å². The first-order valence-electron chi connectivity index (χ1n) is 10.3. The van der Waals surface area contributed by atoms with Crippen LogP contribution in [-0.2, 0) is 9.53 Å². The second kappa shape index (κ2) is 9.91. The number of esters is 1. The van der Waals surface area contributed by atoms with Crippen molar-refractivity contribution in [3.63, 3.8) is 0 Å². The number of nitrogens with zero attached hydrogens (tertiary/aromatic N) is 1. The molecule has 0 aromatic heterocycles. The summed E-state index contributed by atoms with van der Waals surface area (Å²) >= 11 is 5.43. The van der Waals surface area contributed by atoms with E-state index in [1.165, 1.54) is 24.3 Å². The number of rotatable bonds is 6. The van der Waals surface area contributed by atoms with Crippen molar-refractivity contribution in [1.29, 1.82) is 0 Å². The molecule has 2 aromatic rings. The highest BCUT2D eigenvalue weighted by Crippen LogP contribution is 2.32. The average Bonchev–Trinajstić information content (AvgIpc) is 2.76. The van der Waals surface area contributed by atoms with Gasteiger partial charge in [-0.3, -0.25) is 4.79 Å². The fraction of sp³-hybridized carbons (Fsp3) is 0.292. The fourth-order valence-corrected chi connectivity index (χ4v) is 3.53. The molecule has 0 saturated carbocycles. The van der Waals surface area contributed by atoms with Crippen LogP contribution in [0.4, 0.5) is 10.1 Å². The Bertz CT molecular complexity index is 1070. The standard InChI is InChI=1S/C24H26FN3O3S/c1-14(2)13-31-23(30)20-15(3)28(4)24(32)27-21(20)17-6-5-7-19(12-17)26-22(29)16-8-10-18(25)11-9-16/h5-12,14,21H,13H2,1-4H3,(H,26,29)(H,27,32). The first-order chi connectivity index (χ1) is 15.2. The summed E-state index contributed by atoms with van der Waals surface area (Å²) in [5.74, 6) is -0.980. The Balaban J connectivity index is 1.89. The van der Waals surface area contributed by atoms with E-state index in [-0.39, 0.29) is 11.8 Å². The normalized spacial score (nSPS) is 16.1. The molecule has 1 atom stereocenters. The van der Waals surface area contributed by atoms with Gasteiger partial charge in [0, 0.05) is 24.0 Å². The maximum absolute atomic E-state index is 13.1. The molecule has 3 rings (SSSR count). The third-order valence-corrected chi connectivity index (χ3v) is 5.50. The van der Waals surface area contributed by atoms with Crippen molar-refractivity contribution in [2.24, 2.45) is 5.92 Å². The highest BCUT2D eigenvalue weighted by atomic mass is 32.1. The highest BCUT2D eigenvalue weighted by Gasteiger charge is 2.33. The van der Waals surface area contributed by atoms with E-state index in [1.807, 2.05) is 26.8 Å². The zero-order chi connectivity index (χ0) is 23.4. The Kier molecular flexibility index (Phi) is 7.25. The van der Waals surface area contributed by atoms with Crippen LogP contribution < -0.4 is 10.6 Å². The number of thiocarbonyl (C=S) groups is 1. The molecule has 6 nitrogen and oxygen atoms in total. The molecule has 8 heteroatoms. The van der Waals surface area contributed by atoms with E-state index in [2.05, 4.69) is 10.6 Å². The predicted octanol–water partition coefficient (Wildman–Crippen LogP) is 4.41. The van der Waals surface area contributed by atoms with E-state index >= 15 is 0 Å². The Hall–Kier alpha value is -3.26. The number of nitrogens with one attached hydrogen (secondary N) is 2. The lowest BCUT2D eigenvalue weighted by atomic mass is 9.94. The molecule has 0 aliphatic carbocycles. The minimum absolute atomic E-state index is 0.207. The van der Waals surface area contributed by atoms with Crippen molar-refractivity contribution < 1.29 is 18.7 Å². The number of ether oxygens (including phenoxy) is 1. The van der Waals surface area contributed by atoms with Crippen molar-refractivity contribution >= 4 is 34.9 Å². The molecule has 0 bridgehead atoms. The van der Waals surface area contributed by atoms with Gasteiger partial charge in [0.15, 0.2) is 5.11 Å². The summed E-state index contributed by atoms with van der Waals surface area (Å²) in [6.07, 6.45) is 0. The maximum atomic E-state index is 13.1. The van der Waals surface area contributed by atoms with E-state index in [9.17, 15) is 14.0 Å². The lowest BCUT2D eigenvalue weighted by Gasteiger charge is -2.35. The van der Waals surface area contributed by atoms with Crippen molar-refractivity contribution in [2.75, 3.05) is 19.0 Å². The van der Waals surface area contributed by atoms with E-state index in [0.717, 1.165) is 5.56 Å². The van der Waals surface area contributed by atoms with Crippen LogP contribution in [0.5, 0.6) is 0 Å². The second-order valence-electron chi connectivity index (χ2n) is 8.02. The quantitative estimate of drug-likeness (QED) is 0.497. The first-order valence-corrected chi connectivity index (χ1v) is 10.7. The summed E-state index contributed by atoms with van der Waals surface area (Å²) in [4.78, 5) is 27.2. The summed E-state index contributed by atoms with van der Waals surface area (Å²) in [6, 6.07) is 11.9. The smallest absolute Gasteiger partial charge is 0.338 e. The van der Waals surface area contributed by atoms with Gasteiger partial charge in [0.25, 0.3) is 5.91 Å². The number of anilines is 1. The summed E-state index contributed by atoms with van der Waals surface area (Å²) in [7, 11) is 1.79. The van der Waals surface area contributed by atoms with E-state index < -0.39 is 17.8 Å². The van der Waals surface area contributed by atoms with Crippen LogP contribution in [0.15, 0.2) is 59.8 Å². The summed E-state index contributed by atoms with van der Waals surface area (Å²) < 4.78 is 18.6. The third-order valence-electron chi connectivity index (χ3n) is 5.11. The maximum Gasteiger partial charge on any atom is 0.338 e. The molecule has 168 valence electrons. The third kappa shape index (κ3) is 5.31. The predicted molar refractivity (Wildman–Crippen MR) is 126 cm³/mol. The van der Waals surface area contributed by atoms with Gasteiger partial charge >= 0.3 is 5.97 Å². The molecule has 0 fully saturated rings. The number of halogens is 1. The minimum Gasteiger partial charge on any atom is -0.462 e. The van der Waals surface area contributed by atoms with Crippen molar-refractivity contribution in [2.45, 2.75) is 26.8 Å². The Morgan fingerprint density at radius 1 is 1.22 bits per heavy atom. The largest absolute Gasteiger partial charge is 0.462 e. The molecular formula is C24H26FN3O3S. The molecule has 1 aliphatic rings. The van der Waals surface area contributed by atoms with Crippen LogP contribution in [-0.4, -0.2) is 35.5 Å². The number of carbonyl (C=O) groups is 2. The van der Waals surface area contributed by atoms with Gasteiger partial charge < -0.3 is 20.3 Å². The summed E-state index contributed by atoms with van der Waals surface area (Å²) in [6.45, 7) is 6.08. The topological polar surface area (TPSA) is 70.7 Å². The van der Waals surface area contributed by atoms with Crippen LogP contribution in [0.25, 0.3) is 0 Å². The molecule has 0 spiro atoms. The molecule has 1 amide bonds. The molecule has 1 heterocycles. The van der Waals surface area contributed by atoms with Crippen molar-refractivity contribution in [3.05, 3.63) is 76.7 Å². The molecule has 0 radical (unpaired) electrons. The number of hydrogen-bond donors (Lipinski definition) is 2. The van der Waals surface area contributed by atoms with E-state index in [1.54, 1.807) is 30.1 Å². The van der Waals surface area contributed by atoms with E-state index in [4.69, 9.17) is 17.0 Å². The number of amides is 1. The average molecular weight is 456 g/mol. The Morgan fingerprint density at radius 3 is 2.56 bits per heavy atom. The Labute approximate surface area is 192 Å². The van der Waals surface area contributed by atoms with Gasteiger partial charge in [-0.15, -0.1) is 0 Å². The molecular weight excluding hydrogens is 429 g/mol. The van der Waals surface area contributed by atoms with E-state index in [0.29, 0.717) is 34.2 Å². The minimum atomic E-state index is -0.527. The molecule has 2 aromatic carbocycles. The Morgan fingerprint density at radius 2 is 1.91 bits per heavy atom. The van der Waals surface area contributed by atoms with Crippen molar-refractivity contribution in [1.82, 2.24) is 10.2 Å². The van der Waals surface area contributed by atoms with Gasteiger partial charge in [-0.25, -0.2) is 9.18 Å². The fourth-order valence-electron chi connectivity index (χ4n) is 3.27. The van der Waals surface area contributed by atoms with Gasteiger partial charge in [0.1, 0.15) is 5.82 Å². The number of hydrogen-bond acceptors (Lipinski definition) is 4. The number of benzene rings is 2. The number of carbonyl (C=O) groups excluding carboxylic acids is 2. The zero-order valence-corrected chi connectivity index (χ0v) is 19.3. The van der Waals surface area contributed by atoms with Gasteiger partial charge in [0.2, 0.25) is 0 Å². The van der Waals surface area contributed by atoms with Crippen LogP contribution in [0, 0.1) is 11.7 Å². The van der Waals surface area contributed by atoms with Gasteiger partial charge in [-0.1, -0.05) is 26.0 Å². The monoisotopic (exact) mass is 455 g/mol. The van der Waals surface area contributed by atoms with Crippen LogP contribution in [0.2, 0.25) is 0 Å².